The maximum atomic E-state index is 15.0. The van der Waals surface area contributed by atoms with Gasteiger partial charge in [-0.25, -0.2) is 13.2 Å². The van der Waals surface area contributed by atoms with Gasteiger partial charge in [-0.2, -0.15) is 0 Å². The summed E-state index contributed by atoms with van der Waals surface area (Å²) in [6, 6.07) is 17.9. The molecule has 0 N–H and O–H groups in total. The minimum Gasteiger partial charge on any atom is -0.206 e. The van der Waals surface area contributed by atoms with Crippen molar-refractivity contribution in [3.05, 3.63) is 83.2 Å². The van der Waals surface area contributed by atoms with E-state index < -0.39 is 17.8 Å². The zero-order valence-corrected chi connectivity index (χ0v) is 14.9. The lowest BCUT2D eigenvalue weighted by molar-refractivity contribution is 0.147. The smallest absolute Gasteiger partial charge is 0.206 e. The molecule has 0 aliphatic rings. The summed E-state index contributed by atoms with van der Waals surface area (Å²) in [7, 11) is 0. The van der Waals surface area contributed by atoms with Crippen LogP contribution in [0, 0.1) is 5.82 Å². The molecule has 0 aliphatic heterocycles. The second-order valence-electron chi connectivity index (χ2n) is 6.29. The van der Waals surface area contributed by atoms with E-state index in [-0.39, 0.29) is 11.1 Å². The standard InChI is InChI=1S/C23H21F3/c1-3-15-5-9-17(10-6-15)19-13-14-20(22(24)21(19)23(25)26)18-11-7-16(4-2)8-12-18/h5-14,23H,3-4H2,1-2H3. The molecule has 26 heavy (non-hydrogen) atoms. The molecule has 0 aliphatic carbocycles. The zero-order chi connectivity index (χ0) is 18.7. The summed E-state index contributed by atoms with van der Waals surface area (Å²) in [6.45, 7) is 4.06. The van der Waals surface area contributed by atoms with E-state index in [0.717, 1.165) is 24.0 Å². The second-order valence-corrected chi connectivity index (χ2v) is 6.29. The zero-order valence-electron chi connectivity index (χ0n) is 14.9. The third-order valence-corrected chi connectivity index (χ3v) is 4.74. The number of hydrogen-bond acceptors (Lipinski definition) is 0. The van der Waals surface area contributed by atoms with E-state index in [1.165, 1.54) is 0 Å². The van der Waals surface area contributed by atoms with Gasteiger partial charge in [0.25, 0.3) is 6.43 Å². The third kappa shape index (κ3) is 3.52. The number of benzene rings is 3. The molecule has 0 bridgehead atoms. The van der Waals surface area contributed by atoms with Gasteiger partial charge in [0.15, 0.2) is 0 Å². The molecule has 0 amide bonds. The van der Waals surface area contributed by atoms with E-state index in [2.05, 4.69) is 0 Å². The van der Waals surface area contributed by atoms with Crippen LogP contribution in [0.4, 0.5) is 13.2 Å². The maximum absolute atomic E-state index is 15.0. The van der Waals surface area contributed by atoms with Gasteiger partial charge in [0.2, 0.25) is 0 Å². The first-order chi connectivity index (χ1) is 12.5. The normalized spacial score (nSPS) is 11.2. The van der Waals surface area contributed by atoms with Crippen LogP contribution < -0.4 is 0 Å². The van der Waals surface area contributed by atoms with Crippen LogP contribution in [0.25, 0.3) is 22.3 Å². The van der Waals surface area contributed by atoms with E-state index >= 15 is 4.39 Å². The Bertz CT molecular complexity index is 879. The minimum absolute atomic E-state index is 0.205. The molecule has 0 aromatic heterocycles. The Morgan fingerprint density at radius 3 is 1.50 bits per heavy atom. The summed E-state index contributed by atoms with van der Waals surface area (Å²) in [4.78, 5) is 0. The molecule has 134 valence electrons. The summed E-state index contributed by atoms with van der Waals surface area (Å²) < 4.78 is 42.4. The molecule has 0 spiro atoms. The number of halogens is 3. The molecule has 0 fully saturated rings. The quantitative estimate of drug-likeness (QED) is 0.454. The van der Waals surface area contributed by atoms with Gasteiger partial charge in [-0.15, -0.1) is 0 Å². The van der Waals surface area contributed by atoms with Crippen LogP contribution in [0.5, 0.6) is 0 Å². The lowest BCUT2D eigenvalue weighted by atomic mass is 9.93. The SMILES string of the molecule is CCc1ccc(-c2ccc(-c3ccc(CC)cc3)c(C(F)F)c2F)cc1. The highest BCUT2D eigenvalue weighted by Gasteiger charge is 2.22. The van der Waals surface area contributed by atoms with Crippen LogP contribution in [0.1, 0.15) is 37.0 Å². The maximum Gasteiger partial charge on any atom is 0.267 e. The summed E-state index contributed by atoms with van der Waals surface area (Å²) in [5.74, 6) is -0.846. The minimum atomic E-state index is -2.88. The molecular weight excluding hydrogens is 333 g/mol. The van der Waals surface area contributed by atoms with Crippen LogP contribution in [-0.4, -0.2) is 0 Å². The Labute approximate surface area is 152 Å². The largest absolute Gasteiger partial charge is 0.267 e. The molecule has 3 aromatic rings. The van der Waals surface area contributed by atoms with Gasteiger partial charge >= 0.3 is 0 Å². The van der Waals surface area contributed by atoms with Crippen LogP contribution in [-0.2, 0) is 12.8 Å². The van der Waals surface area contributed by atoms with Crippen molar-refractivity contribution in [2.45, 2.75) is 33.1 Å². The van der Waals surface area contributed by atoms with Crippen LogP contribution in [0.2, 0.25) is 0 Å². The molecule has 0 nitrogen and oxygen atoms in total. The number of aryl methyl sites for hydroxylation is 2. The van der Waals surface area contributed by atoms with Crippen molar-refractivity contribution in [1.29, 1.82) is 0 Å². The molecule has 0 saturated heterocycles. The van der Waals surface area contributed by atoms with E-state index in [4.69, 9.17) is 0 Å². The van der Waals surface area contributed by atoms with Gasteiger partial charge in [-0.1, -0.05) is 74.5 Å². The van der Waals surface area contributed by atoms with Crippen molar-refractivity contribution in [2.75, 3.05) is 0 Å². The Hall–Kier alpha value is -2.55. The van der Waals surface area contributed by atoms with Gasteiger partial charge < -0.3 is 0 Å². The number of hydrogen-bond donors (Lipinski definition) is 0. The highest BCUT2D eigenvalue weighted by molar-refractivity contribution is 5.75. The first-order valence-electron chi connectivity index (χ1n) is 8.84. The molecule has 0 radical (unpaired) electrons. The van der Waals surface area contributed by atoms with E-state index in [1.54, 1.807) is 36.4 Å². The van der Waals surface area contributed by atoms with Crippen molar-refractivity contribution < 1.29 is 13.2 Å². The molecule has 3 heteroatoms. The number of rotatable bonds is 5. The molecule has 3 rings (SSSR count). The monoisotopic (exact) mass is 354 g/mol. The molecule has 0 saturated carbocycles. The Morgan fingerprint density at radius 1 is 0.654 bits per heavy atom. The van der Waals surface area contributed by atoms with Gasteiger partial charge in [0.1, 0.15) is 5.82 Å². The average molecular weight is 354 g/mol. The van der Waals surface area contributed by atoms with Crippen molar-refractivity contribution in [2.24, 2.45) is 0 Å². The predicted octanol–water partition coefficient (Wildman–Crippen LogP) is 7.22. The molecule has 3 aromatic carbocycles. The average Bonchev–Trinajstić information content (AvgIpc) is 2.67. The van der Waals surface area contributed by atoms with Crippen LogP contribution >= 0.6 is 0 Å². The van der Waals surface area contributed by atoms with Crippen LogP contribution in [0.3, 0.4) is 0 Å². The fourth-order valence-corrected chi connectivity index (χ4v) is 3.12. The molecule has 0 atom stereocenters. The van der Waals surface area contributed by atoms with Crippen molar-refractivity contribution in [3.8, 4) is 22.3 Å². The Balaban J connectivity index is 2.11. The van der Waals surface area contributed by atoms with Crippen molar-refractivity contribution in [3.63, 3.8) is 0 Å². The fourth-order valence-electron chi connectivity index (χ4n) is 3.12. The first-order valence-corrected chi connectivity index (χ1v) is 8.84. The predicted molar refractivity (Wildman–Crippen MR) is 101 cm³/mol. The summed E-state index contributed by atoms with van der Waals surface area (Å²) in [6.07, 6.45) is -1.15. The second kappa shape index (κ2) is 7.77. The Morgan fingerprint density at radius 2 is 1.08 bits per heavy atom. The fraction of sp³-hybridized carbons (Fsp3) is 0.217. The van der Waals surface area contributed by atoms with Gasteiger partial charge in [0.05, 0.1) is 5.56 Å². The molecular formula is C23H21F3. The molecule has 0 unspecified atom stereocenters. The van der Waals surface area contributed by atoms with Crippen molar-refractivity contribution >= 4 is 0 Å². The van der Waals surface area contributed by atoms with Gasteiger partial charge in [-0.05, 0) is 40.7 Å². The summed E-state index contributed by atoms with van der Waals surface area (Å²) >= 11 is 0. The van der Waals surface area contributed by atoms with E-state index in [0.29, 0.717) is 11.1 Å². The van der Waals surface area contributed by atoms with E-state index in [1.807, 2.05) is 38.1 Å². The van der Waals surface area contributed by atoms with E-state index in [9.17, 15) is 8.78 Å². The Kier molecular flexibility index (Phi) is 5.46. The molecule has 0 heterocycles. The first kappa shape index (κ1) is 18.2. The van der Waals surface area contributed by atoms with Crippen LogP contribution in [0.15, 0.2) is 60.7 Å². The lowest BCUT2D eigenvalue weighted by Crippen LogP contribution is -1.99. The summed E-state index contributed by atoms with van der Waals surface area (Å²) in [5, 5.41) is 0. The van der Waals surface area contributed by atoms with Gasteiger partial charge in [-0.3, -0.25) is 0 Å². The van der Waals surface area contributed by atoms with Gasteiger partial charge in [0, 0.05) is 5.56 Å². The number of alkyl halides is 2. The topological polar surface area (TPSA) is 0 Å². The van der Waals surface area contributed by atoms with Crippen molar-refractivity contribution in [1.82, 2.24) is 0 Å². The highest BCUT2D eigenvalue weighted by Crippen LogP contribution is 2.38. The third-order valence-electron chi connectivity index (χ3n) is 4.74. The highest BCUT2D eigenvalue weighted by atomic mass is 19.3. The summed E-state index contributed by atoms with van der Waals surface area (Å²) in [5.41, 5.74) is 3.35. The lowest BCUT2D eigenvalue weighted by Gasteiger charge is -2.14.